The standard InChI is InChI=1S/C38H44FN5O6/c1-24-12-14-27(15-13-24)22-41-36(48)32(23-50-31-11-7-9-28(20-31)18-29(21-40)35(47)44-38(3,4)5)42-37(49)34(25(2)45)43-33(46)17-16-26-8-6-10-30(39)19-26/h6-15,18-20,25,32,34,45H,16-17,22-23H2,1-5H3,(H,41,48)(H,42,49)(H,43,46)(H,44,47). The maximum Gasteiger partial charge on any atom is 0.262 e. The lowest BCUT2D eigenvalue weighted by molar-refractivity contribution is -0.134. The number of amides is 4. The summed E-state index contributed by atoms with van der Waals surface area (Å²) in [6, 6.07) is 19.1. The average Bonchev–Trinajstić information content (AvgIpc) is 3.05. The second-order valence-electron chi connectivity index (χ2n) is 12.9. The second-order valence-corrected chi connectivity index (χ2v) is 12.9. The zero-order valence-electron chi connectivity index (χ0n) is 28.9. The number of benzene rings is 3. The number of carbonyl (C=O) groups excluding carboxylic acids is 4. The highest BCUT2D eigenvalue weighted by atomic mass is 19.1. The molecule has 4 amide bonds. The van der Waals surface area contributed by atoms with E-state index in [1.807, 2.05) is 37.3 Å². The number of nitriles is 1. The van der Waals surface area contributed by atoms with E-state index in [-0.39, 0.29) is 37.3 Å². The molecule has 0 aliphatic carbocycles. The van der Waals surface area contributed by atoms with Gasteiger partial charge in [0.05, 0.1) is 6.10 Å². The molecule has 11 nitrogen and oxygen atoms in total. The molecular weight excluding hydrogens is 641 g/mol. The number of rotatable bonds is 15. The van der Waals surface area contributed by atoms with Crippen molar-refractivity contribution in [3.05, 3.63) is 106 Å². The predicted molar refractivity (Wildman–Crippen MR) is 187 cm³/mol. The Morgan fingerprint density at radius 3 is 2.30 bits per heavy atom. The van der Waals surface area contributed by atoms with Crippen LogP contribution in [0.4, 0.5) is 4.39 Å². The molecule has 0 saturated heterocycles. The van der Waals surface area contributed by atoms with Gasteiger partial charge in [-0.25, -0.2) is 4.39 Å². The number of halogens is 1. The zero-order chi connectivity index (χ0) is 36.8. The fraction of sp³-hybridized carbons (Fsp3) is 0.342. The molecule has 3 atom stereocenters. The molecule has 5 N–H and O–H groups in total. The van der Waals surface area contributed by atoms with Gasteiger partial charge in [0.2, 0.25) is 17.7 Å². The summed E-state index contributed by atoms with van der Waals surface area (Å²) in [6.45, 7) is 8.49. The van der Waals surface area contributed by atoms with Gasteiger partial charge in [-0.15, -0.1) is 0 Å². The first-order valence-corrected chi connectivity index (χ1v) is 16.2. The van der Waals surface area contributed by atoms with Crippen LogP contribution < -0.4 is 26.0 Å². The van der Waals surface area contributed by atoms with E-state index in [0.29, 0.717) is 11.1 Å². The number of nitrogens with zero attached hydrogens (tertiary/aromatic N) is 1. The summed E-state index contributed by atoms with van der Waals surface area (Å²) in [7, 11) is 0. The molecule has 264 valence electrons. The topological polar surface area (TPSA) is 170 Å². The van der Waals surface area contributed by atoms with Crippen LogP contribution in [0.5, 0.6) is 5.75 Å². The van der Waals surface area contributed by atoms with Crippen molar-refractivity contribution < 1.29 is 33.4 Å². The second kappa shape index (κ2) is 18.3. The molecule has 0 spiro atoms. The number of aliphatic hydroxyl groups is 1. The zero-order valence-corrected chi connectivity index (χ0v) is 28.9. The molecule has 0 saturated carbocycles. The van der Waals surface area contributed by atoms with E-state index < -0.39 is 53.2 Å². The van der Waals surface area contributed by atoms with Crippen molar-refractivity contribution in [2.45, 2.75) is 77.7 Å². The van der Waals surface area contributed by atoms with Crippen LogP contribution in [-0.2, 0) is 32.1 Å². The number of aliphatic hydroxyl groups excluding tert-OH is 1. The van der Waals surface area contributed by atoms with Crippen LogP contribution in [0.15, 0.2) is 78.4 Å². The highest BCUT2D eigenvalue weighted by Gasteiger charge is 2.30. The molecule has 0 fully saturated rings. The van der Waals surface area contributed by atoms with Crippen molar-refractivity contribution >= 4 is 29.7 Å². The van der Waals surface area contributed by atoms with Gasteiger partial charge in [-0.05, 0) is 88.1 Å². The summed E-state index contributed by atoms with van der Waals surface area (Å²) in [4.78, 5) is 52.1. The molecule has 0 aromatic heterocycles. The molecule has 3 aromatic rings. The smallest absolute Gasteiger partial charge is 0.262 e. The Hall–Kier alpha value is -5.54. The first-order valence-electron chi connectivity index (χ1n) is 16.2. The van der Waals surface area contributed by atoms with E-state index in [1.54, 1.807) is 51.1 Å². The molecule has 3 unspecified atom stereocenters. The van der Waals surface area contributed by atoms with Gasteiger partial charge in [0.25, 0.3) is 5.91 Å². The first kappa shape index (κ1) is 38.9. The van der Waals surface area contributed by atoms with Crippen LogP contribution >= 0.6 is 0 Å². The first-order chi connectivity index (χ1) is 23.6. The Kier molecular flexibility index (Phi) is 14.2. The molecule has 0 heterocycles. The lowest BCUT2D eigenvalue weighted by Crippen LogP contribution is -2.58. The fourth-order valence-electron chi connectivity index (χ4n) is 4.66. The van der Waals surface area contributed by atoms with Gasteiger partial charge >= 0.3 is 0 Å². The normalized spacial score (nSPS) is 13.2. The number of hydrogen-bond donors (Lipinski definition) is 5. The third-order valence-corrected chi connectivity index (χ3v) is 7.27. The van der Waals surface area contributed by atoms with Crippen molar-refractivity contribution in [2.24, 2.45) is 0 Å². The minimum Gasteiger partial charge on any atom is -0.491 e. The van der Waals surface area contributed by atoms with Crippen molar-refractivity contribution in [3.8, 4) is 11.8 Å². The van der Waals surface area contributed by atoms with Gasteiger partial charge in [-0.1, -0.05) is 54.1 Å². The molecule has 3 aromatic carbocycles. The highest BCUT2D eigenvalue weighted by Crippen LogP contribution is 2.17. The molecule has 50 heavy (non-hydrogen) atoms. The van der Waals surface area contributed by atoms with Crippen molar-refractivity contribution in [2.75, 3.05) is 6.61 Å². The van der Waals surface area contributed by atoms with Crippen LogP contribution in [0.2, 0.25) is 0 Å². The molecular formula is C38H44FN5O6. The van der Waals surface area contributed by atoms with Gasteiger partial charge in [0, 0.05) is 18.5 Å². The van der Waals surface area contributed by atoms with Crippen LogP contribution in [-0.4, -0.2) is 59.1 Å². The summed E-state index contributed by atoms with van der Waals surface area (Å²) < 4.78 is 19.4. The third kappa shape index (κ3) is 13.2. The Labute approximate surface area is 291 Å². The lowest BCUT2D eigenvalue weighted by atomic mass is 10.1. The Morgan fingerprint density at radius 1 is 0.960 bits per heavy atom. The van der Waals surface area contributed by atoms with E-state index in [9.17, 15) is 33.9 Å². The minimum absolute atomic E-state index is 0.0697. The fourth-order valence-corrected chi connectivity index (χ4v) is 4.66. The summed E-state index contributed by atoms with van der Waals surface area (Å²) >= 11 is 0. The van der Waals surface area contributed by atoms with E-state index in [2.05, 4.69) is 21.3 Å². The molecule has 0 aliphatic rings. The molecule has 12 heteroatoms. The molecule has 0 aliphatic heterocycles. The number of aryl methyl sites for hydroxylation is 2. The minimum atomic E-state index is -1.40. The van der Waals surface area contributed by atoms with Crippen LogP contribution in [0.25, 0.3) is 6.08 Å². The average molecular weight is 686 g/mol. The van der Waals surface area contributed by atoms with Crippen molar-refractivity contribution in [1.29, 1.82) is 5.26 Å². The largest absolute Gasteiger partial charge is 0.491 e. The third-order valence-electron chi connectivity index (χ3n) is 7.27. The maximum atomic E-state index is 13.5. The molecule has 0 bridgehead atoms. The monoisotopic (exact) mass is 685 g/mol. The number of ether oxygens (including phenoxy) is 1. The number of nitrogens with one attached hydrogen (secondary N) is 4. The lowest BCUT2D eigenvalue weighted by Gasteiger charge is -2.25. The Bertz CT molecular complexity index is 1730. The van der Waals surface area contributed by atoms with Crippen LogP contribution in [0, 0.1) is 24.1 Å². The van der Waals surface area contributed by atoms with Crippen LogP contribution in [0.3, 0.4) is 0 Å². The summed E-state index contributed by atoms with van der Waals surface area (Å²) in [5.74, 6) is -2.63. The van der Waals surface area contributed by atoms with E-state index >= 15 is 0 Å². The summed E-state index contributed by atoms with van der Waals surface area (Å²) in [5, 5.41) is 30.6. The van der Waals surface area contributed by atoms with Gasteiger partial charge in [-0.3, -0.25) is 19.2 Å². The predicted octanol–water partition coefficient (Wildman–Crippen LogP) is 3.63. The van der Waals surface area contributed by atoms with Gasteiger partial charge in [0.1, 0.15) is 41.9 Å². The Morgan fingerprint density at radius 2 is 1.66 bits per heavy atom. The SMILES string of the molecule is Cc1ccc(CNC(=O)C(COc2cccc(C=C(C#N)C(=O)NC(C)(C)C)c2)NC(=O)C(NC(=O)CCc2cccc(F)c2)C(C)O)cc1. The molecule has 3 rings (SSSR count). The summed E-state index contributed by atoms with van der Waals surface area (Å²) in [6.07, 6.45) is 0.227. The van der Waals surface area contributed by atoms with Gasteiger partial charge in [0.15, 0.2) is 0 Å². The van der Waals surface area contributed by atoms with Gasteiger partial charge in [-0.2, -0.15) is 5.26 Å². The summed E-state index contributed by atoms with van der Waals surface area (Å²) in [5.41, 5.74) is 2.30. The van der Waals surface area contributed by atoms with E-state index in [0.717, 1.165) is 11.1 Å². The molecule has 0 radical (unpaired) electrons. The van der Waals surface area contributed by atoms with Gasteiger partial charge < -0.3 is 31.1 Å². The van der Waals surface area contributed by atoms with Crippen molar-refractivity contribution in [3.63, 3.8) is 0 Å². The highest BCUT2D eigenvalue weighted by molar-refractivity contribution is 6.02. The quantitative estimate of drug-likeness (QED) is 0.120. The van der Waals surface area contributed by atoms with Crippen molar-refractivity contribution in [1.82, 2.24) is 21.3 Å². The van der Waals surface area contributed by atoms with Crippen LogP contribution in [0.1, 0.15) is 56.4 Å². The Balaban J connectivity index is 1.75. The van der Waals surface area contributed by atoms with E-state index in [4.69, 9.17) is 4.74 Å². The van der Waals surface area contributed by atoms with E-state index in [1.165, 1.54) is 31.2 Å². The number of hydrogen-bond acceptors (Lipinski definition) is 7. The maximum absolute atomic E-state index is 13.5. The number of carbonyl (C=O) groups is 4.